The molecule has 3 aromatic rings. The van der Waals surface area contributed by atoms with E-state index in [0.717, 1.165) is 45.5 Å². The minimum Gasteiger partial charge on any atom is -0.366 e. The fourth-order valence-corrected chi connectivity index (χ4v) is 3.99. The molecule has 0 unspecified atom stereocenters. The minimum atomic E-state index is 0.445. The molecule has 3 heterocycles. The van der Waals surface area contributed by atoms with Crippen molar-refractivity contribution in [3.05, 3.63) is 40.9 Å². The lowest BCUT2D eigenvalue weighted by Crippen LogP contribution is -2.39. The summed E-state index contributed by atoms with van der Waals surface area (Å²) in [6.07, 6.45) is 2.40. The third kappa shape index (κ3) is 3.29. The number of nitrogens with one attached hydrogen (secondary N) is 1. The number of hydrogen-bond donors (Lipinski definition) is 1. The molecule has 0 aliphatic carbocycles. The summed E-state index contributed by atoms with van der Waals surface area (Å²) >= 11 is 6.10. The van der Waals surface area contributed by atoms with Gasteiger partial charge in [-0.15, -0.1) is 0 Å². The fraction of sp³-hybridized carbons (Fsp3) is 0.400. The lowest BCUT2D eigenvalue weighted by Gasteiger charge is -2.30. The minimum absolute atomic E-state index is 0.445. The Kier molecular flexibility index (Phi) is 4.59. The maximum absolute atomic E-state index is 6.10. The number of nitrogens with zero attached hydrogens (tertiary/aromatic N) is 4. The Bertz CT molecular complexity index is 949. The molecule has 0 saturated carbocycles. The van der Waals surface area contributed by atoms with Crippen LogP contribution in [0, 0.1) is 6.92 Å². The first kappa shape index (κ1) is 17.3. The zero-order valence-corrected chi connectivity index (χ0v) is 16.2. The molecule has 136 valence electrons. The van der Waals surface area contributed by atoms with Crippen LogP contribution in [0.25, 0.3) is 22.6 Å². The van der Waals surface area contributed by atoms with Crippen LogP contribution in [0.1, 0.15) is 18.4 Å². The highest BCUT2D eigenvalue weighted by Crippen LogP contribution is 2.28. The number of imidazole rings is 1. The second kappa shape index (κ2) is 6.89. The monoisotopic (exact) mass is 369 g/mol. The van der Waals surface area contributed by atoms with Gasteiger partial charge in [-0.05, 0) is 69.3 Å². The van der Waals surface area contributed by atoms with E-state index in [0.29, 0.717) is 6.04 Å². The van der Waals surface area contributed by atoms with Gasteiger partial charge in [-0.25, -0.2) is 9.97 Å². The average molecular weight is 370 g/mol. The molecular formula is C20H24ClN5. The summed E-state index contributed by atoms with van der Waals surface area (Å²) in [7, 11) is 4.20. The molecule has 2 aromatic heterocycles. The molecule has 1 N–H and O–H groups in total. The average Bonchev–Trinajstić information content (AvgIpc) is 2.91. The van der Waals surface area contributed by atoms with Crippen LogP contribution >= 0.6 is 11.6 Å². The molecule has 1 aliphatic rings. The molecule has 0 bridgehead atoms. The normalized spacial score (nSPS) is 18.4. The van der Waals surface area contributed by atoms with Crippen LogP contribution in [0.15, 0.2) is 30.3 Å². The van der Waals surface area contributed by atoms with E-state index < -0.39 is 0 Å². The molecule has 5 nitrogen and oxygen atoms in total. The van der Waals surface area contributed by atoms with Gasteiger partial charge < -0.3 is 14.8 Å². The summed E-state index contributed by atoms with van der Waals surface area (Å²) < 4.78 is 2.09. The van der Waals surface area contributed by atoms with Crippen LogP contribution in [-0.2, 0) is 7.05 Å². The molecule has 1 aliphatic heterocycles. The molecular weight excluding hydrogens is 346 g/mol. The number of fused-ring (bicyclic) bond motifs is 1. The first-order chi connectivity index (χ1) is 12.5. The van der Waals surface area contributed by atoms with E-state index in [1.807, 2.05) is 25.2 Å². The van der Waals surface area contributed by atoms with Crippen LogP contribution in [0.5, 0.6) is 0 Å². The number of benzene rings is 1. The topological polar surface area (TPSA) is 46.0 Å². The summed E-state index contributed by atoms with van der Waals surface area (Å²) in [5.74, 6) is 1.81. The Morgan fingerprint density at radius 3 is 2.77 bits per heavy atom. The highest BCUT2D eigenvalue weighted by atomic mass is 35.5. The van der Waals surface area contributed by atoms with E-state index >= 15 is 0 Å². The zero-order chi connectivity index (χ0) is 18.3. The third-order valence-electron chi connectivity index (χ3n) is 5.15. The van der Waals surface area contributed by atoms with Gasteiger partial charge in [0.25, 0.3) is 0 Å². The summed E-state index contributed by atoms with van der Waals surface area (Å²) in [5.41, 5.74) is 3.99. The first-order valence-electron chi connectivity index (χ1n) is 9.06. The van der Waals surface area contributed by atoms with Crippen LogP contribution < -0.4 is 5.32 Å². The van der Waals surface area contributed by atoms with Gasteiger partial charge in [-0.1, -0.05) is 11.6 Å². The first-order valence-corrected chi connectivity index (χ1v) is 9.44. The van der Waals surface area contributed by atoms with Gasteiger partial charge in [0, 0.05) is 30.2 Å². The summed E-state index contributed by atoms with van der Waals surface area (Å²) in [6.45, 7) is 4.28. The fourth-order valence-electron chi connectivity index (χ4n) is 3.77. The maximum Gasteiger partial charge on any atom is 0.180 e. The number of likely N-dealkylation sites (tertiary alicyclic amines) is 1. The second-order valence-corrected chi connectivity index (χ2v) is 7.68. The number of aryl methyl sites for hydroxylation is 2. The van der Waals surface area contributed by atoms with E-state index in [9.17, 15) is 0 Å². The number of hydrogen-bond acceptors (Lipinski definition) is 4. The largest absolute Gasteiger partial charge is 0.366 e. The highest BCUT2D eigenvalue weighted by molar-refractivity contribution is 6.30. The van der Waals surface area contributed by atoms with Crippen molar-refractivity contribution in [1.82, 2.24) is 19.4 Å². The van der Waals surface area contributed by atoms with Crippen molar-refractivity contribution in [3.8, 4) is 11.4 Å². The van der Waals surface area contributed by atoms with Crippen LogP contribution in [-0.4, -0.2) is 45.6 Å². The molecule has 1 atom stereocenters. The van der Waals surface area contributed by atoms with Gasteiger partial charge in [0.15, 0.2) is 5.65 Å². The lowest BCUT2D eigenvalue weighted by molar-refractivity contribution is 0.261. The Labute approximate surface area is 159 Å². The lowest BCUT2D eigenvalue weighted by atomic mass is 10.1. The molecule has 4 rings (SSSR count). The van der Waals surface area contributed by atoms with E-state index in [-0.39, 0.29) is 0 Å². The van der Waals surface area contributed by atoms with Gasteiger partial charge in [-0.3, -0.25) is 0 Å². The summed E-state index contributed by atoms with van der Waals surface area (Å²) in [6, 6.07) is 10.5. The smallest absolute Gasteiger partial charge is 0.180 e. The van der Waals surface area contributed by atoms with Crippen molar-refractivity contribution in [3.63, 3.8) is 0 Å². The number of halogens is 1. The predicted octanol–water partition coefficient (Wildman–Crippen LogP) is 4.10. The predicted molar refractivity (Wildman–Crippen MR) is 108 cm³/mol. The second-order valence-electron chi connectivity index (χ2n) is 7.24. The Morgan fingerprint density at radius 2 is 2.00 bits per heavy atom. The van der Waals surface area contributed by atoms with Gasteiger partial charge in [-0.2, -0.15) is 0 Å². The molecule has 1 saturated heterocycles. The number of likely N-dealkylation sites (N-methyl/N-ethyl adjacent to an activating group) is 1. The number of rotatable bonds is 3. The quantitative estimate of drug-likeness (QED) is 0.754. The van der Waals surface area contributed by atoms with E-state index in [4.69, 9.17) is 21.6 Å². The van der Waals surface area contributed by atoms with Gasteiger partial charge in [0.2, 0.25) is 0 Å². The number of piperidine rings is 1. The number of aromatic nitrogens is 3. The molecule has 1 aromatic carbocycles. The van der Waals surface area contributed by atoms with Crippen LogP contribution in [0.4, 0.5) is 5.82 Å². The summed E-state index contributed by atoms with van der Waals surface area (Å²) in [5, 5.41) is 4.31. The Hall–Kier alpha value is -2.11. The van der Waals surface area contributed by atoms with Crippen molar-refractivity contribution in [2.75, 3.05) is 25.5 Å². The van der Waals surface area contributed by atoms with Crippen molar-refractivity contribution < 1.29 is 0 Å². The van der Waals surface area contributed by atoms with E-state index in [1.165, 1.54) is 19.4 Å². The van der Waals surface area contributed by atoms with Gasteiger partial charge in [0.05, 0.1) is 5.52 Å². The maximum atomic E-state index is 6.10. The molecule has 6 heteroatoms. The van der Waals surface area contributed by atoms with Crippen molar-refractivity contribution in [2.45, 2.75) is 25.8 Å². The molecule has 0 spiro atoms. The third-order valence-corrected chi connectivity index (χ3v) is 5.39. The molecule has 26 heavy (non-hydrogen) atoms. The number of anilines is 1. The molecule has 0 amide bonds. The standard InChI is InChI=1S/C20H24ClN5/c1-13-11-14(21)6-7-16(13)20-24-19-17(26(20)3)8-9-18(23-19)22-15-5-4-10-25(2)12-15/h6-9,11,15H,4-5,10,12H2,1-3H3,(H,22,23)/t15-/m1/s1. The SMILES string of the molecule is Cc1cc(Cl)ccc1-c1nc2nc(N[C@@H]3CCCN(C)C3)ccc2n1C. The van der Waals surface area contributed by atoms with Crippen molar-refractivity contribution >= 4 is 28.6 Å². The van der Waals surface area contributed by atoms with E-state index in [2.05, 4.69) is 40.9 Å². The van der Waals surface area contributed by atoms with Gasteiger partial charge in [0.1, 0.15) is 11.6 Å². The zero-order valence-electron chi connectivity index (χ0n) is 15.5. The van der Waals surface area contributed by atoms with E-state index in [1.54, 1.807) is 0 Å². The Morgan fingerprint density at radius 1 is 1.15 bits per heavy atom. The van der Waals surface area contributed by atoms with Crippen LogP contribution in [0.3, 0.4) is 0 Å². The molecule has 0 radical (unpaired) electrons. The van der Waals surface area contributed by atoms with Gasteiger partial charge >= 0.3 is 0 Å². The van der Waals surface area contributed by atoms with Crippen LogP contribution in [0.2, 0.25) is 5.02 Å². The molecule has 1 fully saturated rings. The van der Waals surface area contributed by atoms with Crippen molar-refractivity contribution in [2.24, 2.45) is 7.05 Å². The van der Waals surface area contributed by atoms with Crippen molar-refractivity contribution in [1.29, 1.82) is 0 Å². The highest BCUT2D eigenvalue weighted by Gasteiger charge is 2.18. The number of pyridine rings is 1. The summed E-state index contributed by atoms with van der Waals surface area (Å²) in [4.78, 5) is 11.9. The Balaban J connectivity index is 1.66.